The van der Waals surface area contributed by atoms with Crippen molar-refractivity contribution in [3.05, 3.63) is 149 Å². The molecule has 0 aliphatic carbocycles. The summed E-state index contributed by atoms with van der Waals surface area (Å²) in [5.41, 5.74) is 3.62. The maximum atomic E-state index is 14.2. The Balaban J connectivity index is 1.23. The highest BCUT2D eigenvalue weighted by Crippen LogP contribution is 2.28. The number of sulfonamides is 1. The highest BCUT2D eigenvalue weighted by Gasteiger charge is 2.20. The lowest BCUT2D eigenvalue weighted by Crippen LogP contribution is -2.25. The van der Waals surface area contributed by atoms with Gasteiger partial charge in [0.25, 0.3) is 21.5 Å². The van der Waals surface area contributed by atoms with Gasteiger partial charge < -0.3 is 9.84 Å². The molecule has 12 heteroatoms. The number of fused-ring (bicyclic) bond motifs is 1. The lowest BCUT2D eigenvalue weighted by atomic mass is 10.1. The number of carbonyl (C=O) groups is 1. The first-order valence-electron chi connectivity index (χ1n) is 14.6. The maximum Gasteiger partial charge on any atom is 0.277 e. The molecule has 5 aromatic carbocycles. The molecule has 6 aromatic rings. The Kier molecular flexibility index (Phi) is 8.99. The summed E-state index contributed by atoms with van der Waals surface area (Å²) in [4.78, 5) is 25.8. The number of carbonyl (C=O) groups excluding carboxylic acids is 1. The average Bonchev–Trinajstić information content (AvgIpc) is 3.10. The number of aromatic hydroxyl groups is 1. The van der Waals surface area contributed by atoms with Gasteiger partial charge in [-0.25, -0.2) is 22.8 Å². The minimum absolute atomic E-state index is 0.0185. The largest absolute Gasteiger partial charge is 0.494 e. The van der Waals surface area contributed by atoms with Crippen molar-refractivity contribution < 1.29 is 27.4 Å². The van der Waals surface area contributed by atoms with Crippen LogP contribution in [0.1, 0.15) is 5.56 Å². The Morgan fingerprint density at radius 1 is 0.833 bits per heavy atom. The molecule has 0 spiro atoms. The van der Waals surface area contributed by atoms with Gasteiger partial charge in [-0.2, -0.15) is 5.10 Å². The minimum Gasteiger partial charge on any atom is -0.494 e. The molecule has 0 unspecified atom stereocenters. The molecule has 1 amide bonds. The smallest absolute Gasteiger partial charge is 0.277 e. The lowest BCUT2D eigenvalue weighted by Gasteiger charge is -2.15. The Morgan fingerprint density at radius 2 is 1.50 bits per heavy atom. The Morgan fingerprint density at radius 3 is 2.25 bits per heavy atom. The van der Waals surface area contributed by atoms with Crippen molar-refractivity contribution >= 4 is 38.6 Å². The third-order valence-electron chi connectivity index (χ3n) is 7.32. The number of hydrogen-bond donors (Lipinski definition) is 3. The molecule has 0 aliphatic rings. The molecule has 0 radical (unpaired) electrons. The molecule has 0 fully saturated rings. The molecule has 10 nitrogen and oxygen atoms in total. The lowest BCUT2D eigenvalue weighted by molar-refractivity contribution is -0.123. The summed E-state index contributed by atoms with van der Waals surface area (Å²) < 4.78 is 49.1. The van der Waals surface area contributed by atoms with Crippen molar-refractivity contribution in [2.45, 2.75) is 4.90 Å². The zero-order chi connectivity index (χ0) is 33.7. The van der Waals surface area contributed by atoms with E-state index in [-0.39, 0.29) is 33.8 Å². The van der Waals surface area contributed by atoms with Gasteiger partial charge in [0.1, 0.15) is 11.6 Å². The van der Waals surface area contributed by atoms with E-state index in [9.17, 15) is 27.5 Å². The second-order valence-electron chi connectivity index (χ2n) is 10.5. The molecule has 6 rings (SSSR count). The number of aromatic nitrogens is 1. The van der Waals surface area contributed by atoms with E-state index in [1.807, 2.05) is 42.5 Å². The number of para-hydroxylation sites is 1. The molecule has 0 saturated heterocycles. The van der Waals surface area contributed by atoms with Gasteiger partial charge >= 0.3 is 0 Å². The second-order valence-corrected chi connectivity index (χ2v) is 12.2. The zero-order valence-corrected chi connectivity index (χ0v) is 25.9. The number of benzene rings is 5. The van der Waals surface area contributed by atoms with E-state index in [0.717, 1.165) is 21.8 Å². The molecule has 0 bridgehead atoms. The van der Waals surface area contributed by atoms with Crippen molar-refractivity contribution in [2.24, 2.45) is 5.10 Å². The predicted octanol–water partition coefficient (Wildman–Crippen LogP) is 5.83. The molecule has 48 heavy (non-hydrogen) atoms. The number of nitrogens with one attached hydrogen (secondary N) is 2. The van der Waals surface area contributed by atoms with E-state index in [1.54, 1.807) is 36.4 Å². The summed E-state index contributed by atoms with van der Waals surface area (Å²) in [6.07, 6.45) is 1.18. The monoisotopic (exact) mass is 662 g/mol. The third-order valence-corrected chi connectivity index (χ3v) is 8.69. The summed E-state index contributed by atoms with van der Waals surface area (Å²) in [6.45, 7) is -0.337. The zero-order valence-electron chi connectivity index (χ0n) is 25.1. The van der Waals surface area contributed by atoms with Crippen molar-refractivity contribution in [1.29, 1.82) is 0 Å². The fourth-order valence-corrected chi connectivity index (χ4v) is 6.10. The molecule has 1 heterocycles. The first kappa shape index (κ1) is 31.7. The van der Waals surface area contributed by atoms with Crippen LogP contribution in [0.3, 0.4) is 0 Å². The molecular formula is C36H27FN4O6S. The summed E-state index contributed by atoms with van der Waals surface area (Å²) in [5, 5.41) is 15.8. The van der Waals surface area contributed by atoms with Gasteiger partial charge in [-0.3, -0.25) is 14.3 Å². The minimum atomic E-state index is -4.28. The number of hydrogen-bond acceptors (Lipinski definition) is 7. The van der Waals surface area contributed by atoms with Gasteiger partial charge in [0.15, 0.2) is 6.61 Å². The molecule has 3 N–H and O–H groups in total. The van der Waals surface area contributed by atoms with Crippen molar-refractivity contribution in [3.8, 4) is 28.4 Å². The van der Waals surface area contributed by atoms with Crippen LogP contribution in [0.4, 0.5) is 10.1 Å². The van der Waals surface area contributed by atoms with E-state index in [1.165, 1.54) is 48.7 Å². The van der Waals surface area contributed by atoms with Crippen LogP contribution in [-0.4, -0.2) is 36.8 Å². The fraction of sp³-hybridized carbons (Fsp3) is 0.0278. The van der Waals surface area contributed by atoms with E-state index < -0.39 is 33.2 Å². The number of hydrazone groups is 1. The van der Waals surface area contributed by atoms with Crippen LogP contribution in [-0.2, 0) is 14.8 Å². The van der Waals surface area contributed by atoms with Gasteiger partial charge in [0.05, 0.1) is 28.0 Å². The Labute approximate surface area is 274 Å². The molecule has 0 atom stereocenters. The number of rotatable bonds is 10. The van der Waals surface area contributed by atoms with E-state index in [2.05, 4.69) is 15.2 Å². The quantitative estimate of drug-likeness (QED) is 0.125. The van der Waals surface area contributed by atoms with E-state index in [4.69, 9.17) is 4.74 Å². The Hall–Kier alpha value is -6.27. The van der Waals surface area contributed by atoms with Crippen LogP contribution in [0.5, 0.6) is 11.6 Å². The maximum absolute atomic E-state index is 14.2. The predicted molar refractivity (Wildman–Crippen MR) is 182 cm³/mol. The van der Waals surface area contributed by atoms with Gasteiger partial charge in [-0.1, -0.05) is 78.9 Å². The number of halogens is 1. The summed E-state index contributed by atoms with van der Waals surface area (Å²) >= 11 is 0. The first-order valence-corrected chi connectivity index (χ1v) is 16.0. The van der Waals surface area contributed by atoms with Crippen LogP contribution in [0.2, 0.25) is 0 Å². The standard InChI is InChI=1S/C36H27FN4O6S/c37-32-15-6-7-16-33(32)40-48(45,46)28-12-8-11-26(21-28)41-35(43)30-14-5-4-13-29(30)31(36(41)44)22-38-39-34(42)23-47-27-19-17-25(18-20-27)24-9-2-1-3-10-24/h1-22,40,44H,23H2,(H,39,42). The third kappa shape index (κ3) is 6.78. The topological polar surface area (TPSA) is 139 Å². The van der Waals surface area contributed by atoms with Crippen molar-refractivity contribution in [1.82, 2.24) is 9.99 Å². The summed E-state index contributed by atoms with van der Waals surface area (Å²) in [6, 6.07) is 34.1. The number of anilines is 1. The van der Waals surface area contributed by atoms with Crippen LogP contribution in [0, 0.1) is 5.82 Å². The van der Waals surface area contributed by atoms with Crippen LogP contribution in [0.25, 0.3) is 27.6 Å². The van der Waals surface area contributed by atoms with Crippen LogP contribution >= 0.6 is 0 Å². The normalized spacial score (nSPS) is 11.4. The molecule has 240 valence electrons. The highest BCUT2D eigenvalue weighted by molar-refractivity contribution is 7.92. The van der Waals surface area contributed by atoms with Crippen LogP contribution < -0.4 is 20.4 Å². The van der Waals surface area contributed by atoms with Gasteiger partial charge in [-0.15, -0.1) is 0 Å². The number of pyridine rings is 1. The van der Waals surface area contributed by atoms with Gasteiger partial charge in [0.2, 0.25) is 5.88 Å². The first-order chi connectivity index (χ1) is 23.2. The van der Waals surface area contributed by atoms with Gasteiger partial charge in [0, 0.05) is 10.8 Å². The highest BCUT2D eigenvalue weighted by atomic mass is 32.2. The Bertz CT molecular complexity index is 2330. The van der Waals surface area contributed by atoms with Crippen molar-refractivity contribution in [3.63, 3.8) is 0 Å². The summed E-state index contributed by atoms with van der Waals surface area (Å²) in [7, 11) is -4.28. The molecule has 0 saturated carbocycles. The van der Waals surface area contributed by atoms with Crippen molar-refractivity contribution in [2.75, 3.05) is 11.3 Å². The van der Waals surface area contributed by atoms with E-state index >= 15 is 0 Å². The second kappa shape index (κ2) is 13.6. The SMILES string of the molecule is O=C(COc1ccc(-c2ccccc2)cc1)NN=Cc1c(O)n(-c2cccc(S(=O)(=O)Nc3ccccc3F)c2)c(=O)c2ccccc12. The molecule has 0 aliphatic heterocycles. The summed E-state index contributed by atoms with van der Waals surface area (Å²) in [5.74, 6) is -1.41. The number of amides is 1. The molecular weight excluding hydrogens is 635 g/mol. The van der Waals surface area contributed by atoms with Crippen LogP contribution in [0.15, 0.2) is 142 Å². The average molecular weight is 663 g/mol. The molecule has 1 aromatic heterocycles. The van der Waals surface area contributed by atoms with Gasteiger partial charge in [-0.05, 0) is 59.7 Å². The fourth-order valence-electron chi connectivity index (χ4n) is 4.99. The number of ether oxygens (including phenoxy) is 1. The number of nitrogens with zero attached hydrogens (tertiary/aromatic N) is 2. The van der Waals surface area contributed by atoms with E-state index in [0.29, 0.717) is 11.1 Å².